The van der Waals surface area contributed by atoms with Gasteiger partial charge in [0.05, 0.1) is 4.88 Å². The maximum absolute atomic E-state index is 12.7. The van der Waals surface area contributed by atoms with Gasteiger partial charge < -0.3 is 15.1 Å². The van der Waals surface area contributed by atoms with Gasteiger partial charge in [0.2, 0.25) is 0 Å². The Morgan fingerprint density at radius 2 is 1.96 bits per heavy atom. The van der Waals surface area contributed by atoms with E-state index < -0.39 is 0 Å². The third-order valence-electron chi connectivity index (χ3n) is 4.12. The molecule has 1 aliphatic heterocycles. The van der Waals surface area contributed by atoms with E-state index in [-0.39, 0.29) is 11.8 Å². The number of anilines is 1. The molecule has 1 aliphatic rings. The van der Waals surface area contributed by atoms with E-state index in [0.717, 1.165) is 32.6 Å². The standard InChI is InChI=1S/C18H21N3O2S/c1-20-8-4-9-21(11-10-20)18(23)14-5-2-6-15(13-14)19-17(22)16-7-3-12-24-16/h2-3,5-7,12-13H,4,8-11H2,1H3,(H,19,22). The quantitative estimate of drug-likeness (QED) is 0.932. The lowest BCUT2D eigenvalue weighted by Crippen LogP contribution is -2.34. The van der Waals surface area contributed by atoms with Crippen LogP contribution in [0.3, 0.4) is 0 Å². The van der Waals surface area contributed by atoms with Crippen molar-refractivity contribution < 1.29 is 9.59 Å². The minimum atomic E-state index is -0.147. The maximum atomic E-state index is 12.7. The van der Waals surface area contributed by atoms with Crippen LogP contribution in [0.15, 0.2) is 41.8 Å². The smallest absolute Gasteiger partial charge is 0.265 e. The number of rotatable bonds is 3. The molecule has 2 heterocycles. The van der Waals surface area contributed by atoms with E-state index in [2.05, 4.69) is 17.3 Å². The Morgan fingerprint density at radius 1 is 1.08 bits per heavy atom. The number of thiophene rings is 1. The van der Waals surface area contributed by atoms with E-state index >= 15 is 0 Å². The lowest BCUT2D eigenvalue weighted by Gasteiger charge is -2.21. The van der Waals surface area contributed by atoms with Gasteiger partial charge in [-0.2, -0.15) is 0 Å². The number of benzene rings is 1. The highest BCUT2D eigenvalue weighted by atomic mass is 32.1. The number of hydrogen-bond donors (Lipinski definition) is 1. The molecule has 2 amide bonds. The summed E-state index contributed by atoms with van der Waals surface area (Å²) in [5, 5.41) is 4.72. The van der Waals surface area contributed by atoms with E-state index in [0.29, 0.717) is 16.1 Å². The molecule has 1 fully saturated rings. The first-order valence-electron chi connectivity index (χ1n) is 8.06. The zero-order chi connectivity index (χ0) is 16.9. The number of nitrogens with zero attached hydrogens (tertiary/aromatic N) is 2. The van der Waals surface area contributed by atoms with Crippen molar-refractivity contribution in [1.82, 2.24) is 9.80 Å². The van der Waals surface area contributed by atoms with Crippen LogP contribution < -0.4 is 5.32 Å². The van der Waals surface area contributed by atoms with Crippen LogP contribution in [-0.4, -0.2) is 54.8 Å². The van der Waals surface area contributed by atoms with Crippen molar-refractivity contribution in [1.29, 1.82) is 0 Å². The van der Waals surface area contributed by atoms with Crippen molar-refractivity contribution in [3.8, 4) is 0 Å². The molecule has 1 N–H and O–H groups in total. The van der Waals surface area contributed by atoms with Crippen molar-refractivity contribution in [3.63, 3.8) is 0 Å². The molecular formula is C18H21N3O2S. The average molecular weight is 343 g/mol. The van der Waals surface area contributed by atoms with Gasteiger partial charge in [-0.05, 0) is 49.7 Å². The van der Waals surface area contributed by atoms with Crippen LogP contribution >= 0.6 is 11.3 Å². The normalized spacial score (nSPS) is 15.8. The number of carbonyl (C=O) groups is 2. The molecule has 2 aromatic rings. The third-order valence-corrected chi connectivity index (χ3v) is 4.99. The molecule has 1 aromatic carbocycles. The van der Waals surface area contributed by atoms with Gasteiger partial charge in [0.15, 0.2) is 0 Å². The molecule has 0 spiro atoms. The van der Waals surface area contributed by atoms with Crippen molar-refractivity contribution in [2.75, 3.05) is 38.5 Å². The van der Waals surface area contributed by atoms with Crippen LogP contribution in [0, 0.1) is 0 Å². The molecule has 1 saturated heterocycles. The second kappa shape index (κ2) is 7.59. The van der Waals surface area contributed by atoms with Gasteiger partial charge in [-0.1, -0.05) is 12.1 Å². The second-order valence-electron chi connectivity index (χ2n) is 5.96. The minimum Gasteiger partial charge on any atom is -0.337 e. The minimum absolute atomic E-state index is 0.0255. The fraction of sp³-hybridized carbons (Fsp3) is 0.333. The zero-order valence-electron chi connectivity index (χ0n) is 13.7. The van der Waals surface area contributed by atoms with E-state index in [1.54, 1.807) is 30.3 Å². The van der Waals surface area contributed by atoms with Gasteiger partial charge >= 0.3 is 0 Å². The summed E-state index contributed by atoms with van der Waals surface area (Å²) in [6.45, 7) is 3.41. The van der Waals surface area contributed by atoms with Gasteiger partial charge in [0, 0.05) is 30.9 Å². The lowest BCUT2D eigenvalue weighted by molar-refractivity contribution is 0.0762. The first kappa shape index (κ1) is 16.7. The highest BCUT2D eigenvalue weighted by molar-refractivity contribution is 7.12. The van der Waals surface area contributed by atoms with Crippen LogP contribution in [0.25, 0.3) is 0 Å². The molecule has 0 aliphatic carbocycles. The Morgan fingerprint density at radius 3 is 2.75 bits per heavy atom. The van der Waals surface area contributed by atoms with Gasteiger partial charge in [0.25, 0.3) is 11.8 Å². The predicted octanol–water partition coefficient (Wildman–Crippen LogP) is 2.78. The Kier molecular flexibility index (Phi) is 5.27. The molecule has 24 heavy (non-hydrogen) atoms. The molecule has 0 saturated carbocycles. The molecular weight excluding hydrogens is 322 g/mol. The first-order chi connectivity index (χ1) is 11.6. The Hall–Kier alpha value is -2.18. The van der Waals surface area contributed by atoms with Gasteiger partial charge in [0.1, 0.15) is 0 Å². The third kappa shape index (κ3) is 4.01. The maximum Gasteiger partial charge on any atom is 0.265 e. The Balaban J connectivity index is 1.70. The number of nitrogens with one attached hydrogen (secondary N) is 1. The Labute approximate surface area is 145 Å². The summed E-state index contributed by atoms with van der Waals surface area (Å²) < 4.78 is 0. The van der Waals surface area contributed by atoms with Gasteiger partial charge in [-0.3, -0.25) is 9.59 Å². The van der Waals surface area contributed by atoms with Gasteiger partial charge in [-0.25, -0.2) is 0 Å². The topological polar surface area (TPSA) is 52.6 Å². The molecule has 5 nitrogen and oxygen atoms in total. The van der Waals surface area contributed by atoms with Crippen LogP contribution in [0.1, 0.15) is 26.5 Å². The van der Waals surface area contributed by atoms with Gasteiger partial charge in [-0.15, -0.1) is 11.3 Å². The van der Waals surface area contributed by atoms with Crippen LogP contribution in [0.5, 0.6) is 0 Å². The SMILES string of the molecule is CN1CCCN(C(=O)c2cccc(NC(=O)c3cccs3)c2)CC1. The summed E-state index contributed by atoms with van der Waals surface area (Å²) in [6, 6.07) is 10.8. The van der Waals surface area contributed by atoms with E-state index in [1.165, 1.54) is 11.3 Å². The molecule has 3 rings (SSSR count). The number of amides is 2. The number of hydrogen-bond acceptors (Lipinski definition) is 4. The van der Waals surface area contributed by atoms with Crippen LogP contribution in [0.4, 0.5) is 5.69 Å². The molecule has 0 unspecified atom stereocenters. The molecule has 0 atom stereocenters. The van der Waals surface area contributed by atoms with E-state index in [1.807, 2.05) is 16.3 Å². The number of carbonyl (C=O) groups excluding carboxylic acids is 2. The summed E-state index contributed by atoms with van der Waals surface area (Å²) in [7, 11) is 2.08. The molecule has 1 aromatic heterocycles. The summed E-state index contributed by atoms with van der Waals surface area (Å²) in [5.41, 5.74) is 1.26. The fourth-order valence-corrected chi connectivity index (χ4v) is 3.38. The highest BCUT2D eigenvalue weighted by Gasteiger charge is 2.19. The summed E-state index contributed by atoms with van der Waals surface area (Å²) in [4.78, 5) is 29.6. The zero-order valence-corrected chi connectivity index (χ0v) is 14.5. The van der Waals surface area contributed by atoms with Crippen molar-refractivity contribution in [2.45, 2.75) is 6.42 Å². The van der Waals surface area contributed by atoms with Crippen molar-refractivity contribution in [2.24, 2.45) is 0 Å². The predicted molar refractivity (Wildman–Crippen MR) is 96.7 cm³/mol. The number of likely N-dealkylation sites (N-methyl/N-ethyl adjacent to an activating group) is 1. The first-order valence-corrected chi connectivity index (χ1v) is 8.94. The molecule has 0 radical (unpaired) electrons. The molecule has 6 heteroatoms. The van der Waals surface area contributed by atoms with E-state index in [4.69, 9.17) is 0 Å². The molecule has 126 valence electrons. The molecule has 0 bridgehead atoms. The summed E-state index contributed by atoms with van der Waals surface area (Å²) in [6.07, 6.45) is 0.983. The second-order valence-corrected chi connectivity index (χ2v) is 6.91. The summed E-state index contributed by atoms with van der Waals surface area (Å²) in [5.74, 6) is -0.122. The summed E-state index contributed by atoms with van der Waals surface area (Å²) >= 11 is 1.39. The monoisotopic (exact) mass is 343 g/mol. The average Bonchev–Trinajstić information content (AvgIpc) is 3.04. The van der Waals surface area contributed by atoms with Crippen molar-refractivity contribution >= 4 is 28.8 Å². The van der Waals surface area contributed by atoms with Crippen LogP contribution in [-0.2, 0) is 0 Å². The highest BCUT2D eigenvalue weighted by Crippen LogP contribution is 2.16. The van der Waals surface area contributed by atoms with Crippen molar-refractivity contribution in [3.05, 3.63) is 52.2 Å². The van der Waals surface area contributed by atoms with E-state index in [9.17, 15) is 9.59 Å². The largest absolute Gasteiger partial charge is 0.337 e. The lowest BCUT2D eigenvalue weighted by atomic mass is 10.1. The Bertz CT molecular complexity index is 715. The van der Waals surface area contributed by atoms with Crippen LogP contribution in [0.2, 0.25) is 0 Å². The fourth-order valence-electron chi connectivity index (χ4n) is 2.76.